The van der Waals surface area contributed by atoms with Crippen LogP contribution in [0.4, 0.5) is 0 Å². The second-order valence-electron chi connectivity index (χ2n) is 3.53. The second kappa shape index (κ2) is 5.67. The molecule has 3 aromatic rings. The summed E-state index contributed by atoms with van der Waals surface area (Å²) < 4.78 is 1.66. The molecule has 0 unspecified atom stereocenters. The standard InChI is InChI=1S/C13H9N4.Ir/c1-2-4-11(5-3-1)12-8-16-17(10-12)13-9-14-6-7-15-13;/h1-8,10H;/q-1;. The van der Waals surface area contributed by atoms with E-state index in [1.807, 2.05) is 36.5 Å². The number of benzene rings is 1. The van der Waals surface area contributed by atoms with Crippen LogP contribution in [-0.4, -0.2) is 19.7 Å². The first kappa shape index (κ1) is 12.6. The third-order valence-electron chi connectivity index (χ3n) is 2.41. The maximum atomic E-state index is 4.25. The predicted molar refractivity (Wildman–Crippen MR) is 63.4 cm³/mol. The molecule has 0 aliphatic rings. The maximum Gasteiger partial charge on any atom is 0.0797 e. The van der Waals surface area contributed by atoms with Gasteiger partial charge in [-0.1, -0.05) is 30.3 Å². The molecule has 0 saturated heterocycles. The molecule has 4 nitrogen and oxygen atoms in total. The van der Waals surface area contributed by atoms with Gasteiger partial charge in [0.1, 0.15) is 0 Å². The molecule has 2 aromatic heterocycles. The number of aromatic nitrogens is 4. The Morgan fingerprint density at radius 1 is 1.00 bits per heavy atom. The van der Waals surface area contributed by atoms with Crippen LogP contribution in [0.5, 0.6) is 0 Å². The van der Waals surface area contributed by atoms with Crippen LogP contribution in [0.1, 0.15) is 0 Å². The van der Waals surface area contributed by atoms with Gasteiger partial charge in [0.2, 0.25) is 0 Å². The fraction of sp³-hybridized carbons (Fsp3) is 0. The summed E-state index contributed by atoms with van der Waals surface area (Å²) in [5.74, 6) is 0.592. The van der Waals surface area contributed by atoms with Crippen LogP contribution in [0, 0.1) is 6.20 Å². The first-order chi connectivity index (χ1) is 8.43. The summed E-state index contributed by atoms with van der Waals surface area (Å²) in [4.78, 5) is 8.03. The van der Waals surface area contributed by atoms with E-state index in [2.05, 4.69) is 21.3 Å². The van der Waals surface area contributed by atoms with Gasteiger partial charge in [-0.25, -0.2) is 4.68 Å². The first-order valence-electron chi connectivity index (χ1n) is 5.22. The maximum absolute atomic E-state index is 4.25. The molecule has 0 atom stereocenters. The molecule has 0 fully saturated rings. The summed E-state index contributed by atoms with van der Waals surface area (Å²) in [6.45, 7) is 0. The summed E-state index contributed by atoms with van der Waals surface area (Å²) >= 11 is 0. The van der Waals surface area contributed by atoms with Crippen molar-refractivity contribution >= 4 is 0 Å². The topological polar surface area (TPSA) is 43.6 Å². The second-order valence-corrected chi connectivity index (χ2v) is 3.53. The Labute approximate surface area is 118 Å². The van der Waals surface area contributed by atoms with E-state index in [0.717, 1.165) is 11.1 Å². The van der Waals surface area contributed by atoms with Crippen molar-refractivity contribution in [3.8, 4) is 16.9 Å². The van der Waals surface area contributed by atoms with Gasteiger partial charge in [0, 0.05) is 31.9 Å². The summed E-state index contributed by atoms with van der Waals surface area (Å²) in [5, 5.41) is 4.25. The summed E-state index contributed by atoms with van der Waals surface area (Å²) in [6, 6.07) is 10.1. The number of hydrogen-bond acceptors (Lipinski definition) is 3. The molecule has 1 aromatic carbocycles. The molecule has 0 bridgehead atoms. The van der Waals surface area contributed by atoms with Crippen molar-refractivity contribution in [1.29, 1.82) is 0 Å². The smallest absolute Gasteiger partial charge is 0.0797 e. The Kier molecular flexibility index (Phi) is 3.97. The minimum Gasteiger partial charge on any atom is -0.454 e. The molecule has 91 valence electrons. The molecule has 0 amide bonds. The van der Waals surface area contributed by atoms with Crippen molar-refractivity contribution in [2.24, 2.45) is 0 Å². The molecular formula is C13H9IrN4-. The van der Waals surface area contributed by atoms with E-state index in [9.17, 15) is 0 Å². The van der Waals surface area contributed by atoms with E-state index < -0.39 is 0 Å². The van der Waals surface area contributed by atoms with Crippen molar-refractivity contribution in [2.75, 3.05) is 0 Å². The van der Waals surface area contributed by atoms with E-state index in [0.29, 0.717) is 5.82 Å². The summed E-state index contributed by atoms with van der Waals surface area (Å²) in [5.41, 5.74) is 2.17. The van der Waals surface area contributed by atoms with Crippen LogP contribution in [0.2, 0.25) is 0 Å². The molecule has 0 aliphatic carbocycles. The largest absolute Gasteiger partial charge is 0.454 e. The summed E-state index contributed by atoms with van der Waals surface area (Å²) in [6.07, 6.45) is 9.71. The van der Waals surface area contributed by atoms with Gasteiger partial charge in [-0.15, -0.1) is 12.4 Å². The number of nitrogens with zero attached hydrogens (tertiary/aromatic N) is 4. The average Bonchev–Trinajstić information content (AvgIpc) is 2.90. The minimum atomic E-state index is 0. The third-order valence-corrected chi connectivity index (χ3v) is 2.41. The molecule has 1 radical (unpaired) electrons. The van der Waals surface area contributed by atoms with Gasteiger partial charge in [0.05, 0.1) is 12.0 Å². The third kappa shape index (κ3) is 2.53. The van der Waals surface area contributed by atoms with E-state index in [1.54, 1.807) is 23.3 Å². The van der Waals surface area contributed by atoms with Gasteiger partial charge in [-0.2, -0.15) is 5.10 Å². The van der Waals surface area contributed by atoms with Gasteiger partial charge in [-0.05, 0) is 11.8 Å². The molecule has 5 heteroatoms. The Balaban J connectivity index is 0.00000120. The van der Waals surface area contributed by atoms with Gasteiger partial charge in [-0.3, -0.25) is 4.98 Å². The van der Waals surface area contributed by atoms with Crippen molar-refractivity contribution in [3.63, 3.8) is 0 Å². The fourth-order valence-electron chi connectivity index (χ4n) is 1.59. The molecule has 0 spiro atoms. The van der Waals surface area contributed by atoms with E-state index in [4.69, 9.17) is 0 Å². The van der Waals surface area contributed by atoms with Crippen molar-refractivity contribution in [2.45, 2.75) is 0 Å². The SMILES string of the molecule is [Ir].[c-]1nccnc1-n1cc(-c2ccccc2)cn1. The fourth-order valence-corrected chi connectivity index (χ4v) is 1.59. The van der Waals surface area contributed by atoms with Crippen LogP contribution in [0.3, 0.4) is 0 Å². The van der Waals surface area contributed by atoms with Crippen molar-refractivity contribution in [1.82, 2.24) is 19.7 Å². The van der Waals surface area contributed by atoms with Crippen LogP contribution in [0.15, 0.2) is 55.1 Å². The van der Waals surface area contributed by atoms with Gasteiger partial charge in [0.15, 0.2) is 0 Å². The molecule has 3 rings (SSSR count). The van der Waals surface area contributed by atoms with Crippen molar-refractivity contribution in [3.05, 3.63) is 61.3 Å². The summed E-state index contributed by atoms with van der Waals surface area (Å²) in [7, 11) is 0. The zero-order valence-electron chi connectivity index (χ0n) is 9.32. The monoisotopic (exact) mass is 414 g/mol. The predicted octanol–water partition coefficient (Wildman–Crippen LogP) is 2.13. The Morgan fingerprint density at radius 3 is 2.56 bits per heavy atom. The Bertz CT molecular complexity index is 553. The van der Waals surface area contributed by atoms with Crippen LogP contribution in [0.25, 0.3) is 16.9 Å². The molecule has 2 heterocycles. The van der Waals surface area contributed by atoms with Gasteiger partial charge in [0.25, 0.3) is 0 Å². The molecule has 0 aliphatic heterocycles. The first-order valence-corrected chi connectivity index (χ1v) is 5.22. The zero-order valence-corrected chi connectivity index (χ0v) is 11.7. The normalized spacial score (nSPS) is 9.78. The van der Waals surface area contributed by atoms with E-state index >= 15 is 0 Å². The quantitative estimate of drug-likeness (QED) is 0.605. The molecule has 18 heavy (non-hydrogen) atoms. The van der Waals surface area contributed by atoms with Crippen LogP contribution in [-0.2, 0) is 20.1 Å². The molecule has 0 N–H and O–H groups in total. The molecule has 0 saturated carbocycles. The van der Waals surface area contributed by atoms with E-state index in [-0.39, 0.29) is 20.1 Å². The van der Waals surface area contributed by atoms with Gasteiger partial charge < -0.3 is 4.98 Å². The van der Waals surface area contributed by atoms with E-state index in [1.165, 1.54) is 0 Å². The number of hydrogen-bond donors (Lipinski definition) is 0. The zero-order chi connectivity index (χ0) is 11.5. The minimum absolute atomic E-state index is 0. The van der Waals surface area contributed by atoms with Crippen LogP contribution < -0.4 is 0 Å². The Hall–Kier alpha value is -1.84. The van der Waals surface area contributed by atoms with Crippen LogP contribution >= 0.6 is 0 Å². The molecular weight excluding hydrogens is 404 g/mol. The number of rotatable bonds is 2. The van der Waals surface area contributed by atoms with Crippen molar-refractivity contribution < 1.29 is 20.1 Å². The van der Waals surface area contributed by atoms with Gasteiger partial charge >= 0.3 is 0 Å². The Morgan fingerprint density at radius 2 is 1.83 bits per heavy atom. The average molecular weight is 413 g/mol.